The highest BCUT2D eigenvalue weighted by Crippen LogP contribution is 2.50. The van der Waals surface area contributed by atoms with Crippen molar-refractivity contribution in [3.05, 3.63) is 63.7 Å². The first-order chi connectivity index (χ1) is 19.3. The third-order valence-electron chi connectivity index (χ3n) is 8.07. The van der Waals surface area contributed by atoms with E-state index in [2.05, 4.69) is 0 Å². The Labute approximate surface area is 233 Å². The van der Waals surface area contributed by atoms with Crippen molar-refractivity contribution in [2.45, 2.75) is 76.4 Å². The largest absolute Gasteiger partial charge is 0.453 e. The number of amides is 2. The molecule has 0 bridgehead atoms. The third-order valence-corrected chi connectivity index (χ3v) is 8.07. The predicted octanol–water partition coefficient (Wildman–Crippen LogP) is 7.67. The topological polar surface area (TPSA) is 59.1 Å². The van der Waals surface area contributed by atoms with E-state index in [1.54, 1.807) is 11.8 Å². The summed E-state index contributed by atoms with van der Waals surface area (Å²) in [4.78, 5) is 29.2. The number of hydrogen-bond acceptors (Lipinski definition) is 4. The number of anilines is 1. The number of aryl methyl sites for hydroxylation is 2. The molecule has 41 heavy (non-hydrogen) atoms. The standard InChI is InChI=1S/C29H30F6N2O4/c1-3-41-27(39)37-23(17-7-8-17)14-24(22-11-18-5-4-6-19(18)12-25(22)37)36(26(38)40-2)15-16-9-20(28(30,31)32)13-21(10-16)29(33,34)35/h9-13,17,23-24H,3-8,14-15H2,1-2H3/t23-,24-/m0/s1. The molecule has 2 amide bonds. The van der Waals surface area contributed by atoms with E-state index < -0.39 is 48.3 Å². The molecule has 2 aromatic carbocycles. The smallest absolute Gasteiger partial charge is 0.416 e. The Morgan fingerprint density at radius 2 is 1.56 bits per heavy atom. The van der Waals surface area contributed by atoms with Gasteiger partial charge in [-0.05, 0) is 97.9 Å². The number of benzene rings is 2. The van der Waals surface area contributed by atoms with Gasteiger partial charge in [0, 0.05) is 12.6 Å². The van der Waals surface area contributed by atoms with E-state index in [1.165, 1.54) is 4.90 Å². The lowest BCUT2D eigenvalue weighted by molar-refractivity contribution is -0.143. The van der Waals surface area contributed by atoms with Gasteiger partial charge < -0.3 is 9.47 Å². The van der Waals surface area contributed by atoms with Crippen LogP contribution >= 0.6 is 0 Å². The van der Waals surface area contributed by atoms with Crippen LogP contribution in [0.4, 0.5) is 41.6 Å². The SMILES string of the molecule is CCOC(=O)N1c2cc3c(cc2[C@@H](N(Cc2cc(C(F)(F)F)cc(C(F)(F)F)c2)C(=O)OC)C[C@H]1C1CC1)CCC3. The predicted molar refractivity (Wildman–Crippen MR) is 136 cm³/mol. The maximum Gasteiger partial charge on any atom is 0.416 e. The van der Waals surface area contributed by atoms with Crippen LogP contribution in [0, 0.1) is 5.92 Å². The highest BCUT2D eigenvalue weighted by atomic mass is 19.4. The Morgan fingerprint density at radius 1 is 0.951 bits per heavy atom. The van der Waals surface area contributed by atoms with E-state index in [4.69, 9.17) is 9.47 Å². The lowest BCUT2D eigenvalue weighted by Gasteiger charge is -2.44. The molecular weight excluding hydrogens is 554 g/mol. The van der Waals surface area contributed by atoms with Crippen molar-refractivity contribution in [3.8, 4) is 0 Å². The minimum absolute atomic E-state index is 0.0610. The van der Waals surface area contributed by atoms with Crippen molar-refractivity contribution in [2.75, 3.05) is 18.6 Å². The molecule has 0 unspecified atom stereocenters. The fraction of sp³-hybridized carbons (Fsp3) is 0.517. The molecule has 12 heteroatoms. The number of alkyl halides is 6. The quantitative estimate of drug-likeness (QED) is 0.339. The van der Waals surface area contributed by atoms with Crippen LogP contribution in [0.3, 0.4) is 0 Å². The minimum atomic E-state index is -5.03. The number of rotatable bonds is 5. The lowest BCUT2D eigenvalue weighted by atomic mass is 9.86. The van der Waals surface area contributed by atoms with Crippen molar-refractivity contribution in [3.63, 3.8) is 0 Å². The summed E-state index contributed by atoms with van der Waals surface area (Å²) in [5.41, 5.74) is -0.0285. The summed E-state index contributed by atoms with van der Waals surface area (Å²) in [6.45, 7) is 1.29. The molecule has 5 rings (SSSR count). The van der Waals surface area contributed by atoms with E-state index in [-0.39, 0.29) is 36.6 Å². The molecule has 3 aliphatic rings. The second kappa shape index (κ2) is 10.8. The van der Waals surface area contributed by atoms with Gasteiger partial charge in [0.25, 0.3) is 0 Å². The summed E-state index contributed by atoms with van der Waals surface area (Å²) in [7, 11) is 1.11. The molecule has 1 aliphatic heterocycles. The van der Waals surface area contributed by atoms with Gasteiger partial charge in [0.2, 0.25) is 0 Å². The maximum atomic E-state index is 13.6. The first-order valence-corrected chi connectivity index (χ1v) is 13.6. The monoisotopic (exact) mass is 584 g/mol. The van der Waals surface area contributed by atoms with Crippen LogP contribution in [-0.4, -0.2) is 36.8 Å². The lowest BCUT2D eigenvalue weighted by Crippen LogP contribution is -2.50. The molecule has 0 saturated heterocycles. The summed E-state index contributed by atoms with van der Waals surface area (Å²) >= 11 is 0. The van der Waals surface area contributed by atoms with Gasteiger partial charge in [-0.15, -0.1) is 0 Å². The van der Waals surface area contributed by atoms with Crippen LogP contribution in [0.5, 0.6) is 0 Å². The van der Waals surface area contributed by atoms with Gasteiger partial charge in [0.05, 0.1) is 36.6 Å². The Balaban J connectivity index is 1.63. The third kappa shape index (κ3) is 5.83. The van der Waals surface area contributed by atoms with E-state index >= 15 is 0 Å². The van der Waals surface area contributed by atoms with Crippen molar-refractivity contribution in [1.82, 2.24) is 4.90 Å². The Hall–Kier alpha value is -3.44. The number of fused-ring (bicyclic) bond motifs is 2. The molecule has 2 aliphatic carbocycles. The van der Waals surface area contributed by atoms with E-state index in [0.29, 0.717) is 23.4 Å². The molecule has 2 atom stereocenters. The molecule has 222 valence electrons. The van der Waals surface area contributed by atoms with E-state index in [1.807, 2.05) is 12.1 Å². The van der Waals surface area contributed by atoms with E-state index in [9.17, 15) is 35.9 Å². The zero-order valence-corrected chi connectivity index (χ0v) is 22.6. The van der Waals surface area contributed by atoms with Gasteiger partial charge in [-0.3, -0.25) is 9.80 Å². The van der Waals surface area contributed by atoms with Gasteiger partial charge in [-0.2, -0.15) is 26.3 Å². The summed E-state index contributed by atoms with van der Waals surface area (Å²) in [5.74, 6) is 0.119. The summed E-state index contributed by atoms with van der Waals surface area (Å²) < 4.78 is 91.9. The number of carbonyl (C=O) groups excluding carboxylic acids is 2. The first kappa shape index (κ1) is 29.1. The second-order valence-electron chi connectivity index (χ2n) is 10.8. The maximum absolute atomic E-state index is 13.6. The molecule has 0 radical (unpaired) electrons. The van der Waals surface area contributed by atoms with Crippen LogP contribution in [-0.2, 0) is 41.2 Å². The first-order valence-electron chi connectivity index (χ1n) is 13.6. The Morgan fingerprint density at radius 3 is 2.10 bits per heavy atom. The highest BCUT2D eigenvalue weighted by molar-refractivity contribution is 5.91. The van der Waals surface area contributed by atoms with Crippen LogP contribution in [0.2, 0.25) is 0 Å². The average molecular weight is 585 g/mol. The molecule has 1 heterocycles. The normalized spacial score (nSPS) is 20.3. The number of halogens is 6. The molecule has 2 aromatic rings. The van der Waals surface area contributed by atoms with Crippen LogP contribution < -0.4 is 4.90 Å². The van der Waals surface area contributed by atoms with Crippen LogP contribution in [0.25, 0.3) is 0 Å². The number of hydrogen-bond donors (Lipinski definition) is 0. The van der Waals surface area contributed by atoms with Crippen LogP contribution in [0.15, 0.2) is 30.3 Å². The van der Waals surface area contributed by atoms with Crippen LogP contribution in [0.1, 0.15) is 72.0 Å². The van der Waals surface area contributed by atoms with Gasteiger partial charge in [0.15, 0.2) is 0 Å². The molecular formula is C29H30F6N2O4. The molecule has 1 fully saturated rings. The summed E-state index contributed by atoms with van der Waals surface area (Å²) in [6, 6.07) is 4.00. The van der Waals surface area contributed by atoms with Gasteiger partial charge in [0.1, 0.15) is 0 Å². The van der Waals surface area contributed by atoms with Crippen molar-refractivity contribution in [1.29, 1.82) is 0 Å². The van der Waals surface area contributed by atoms with Crippen molar-refractivity contribution in [2.24, 2.45) is 5.92 Å². The number of ether oxygens (including phenoxy) is 2. The molecule has 6 nitrogen and oxygen atoms in total. The zero-order valence-electron chi connectivity index (χ0n) is 22.6. The molecule has 0 aromatic heterocycles. The fourth-order valence-corrected chi connectivity index (χ4v) is 6.08. The Kier molecular flexibility index (Phi) is 7.63. The number of carbonyl (C=O) groups is 2. The van der Waals surface area contributed by atoms with E-state index in [0.717, 1.165) is 50.3 Å². The second-order valence-corrected chi connectivity index (χ2v) is 10.8. The van der Waals surface area contributed by atoms with Crippen molar-refractivity contribution >= 4 is 17.9 Å². The molecule has 0 N–H and O–H groups in total. The Bertz CT molecular complexity index is 1310. The molecule has 1 saturated carbocycles. The number of nitrogens with zero attached hydrogens (tertiary/aromatic N) is 2. The minimum Gasteiger partial charge on any atom is -0.453 e. The molecule has 0 spiro atoms. The summed E-state index contributed by atoms with van der Waals surface area (Å²) in [6.07, 6.45) is -7.07. The number of methoxy groups -OCH3 is 1. The fourth-order valence-electron chi connectivity index (χ4n) is 6.08. The van der Waals surface area contributed by atoms with Gasteiger partial charge in [-0.25, -0.2) is 9.59 Å². The van der Waals surface area contributed by atoms with Gasteiger partial charge >= 0.3 is 24.5 Å². The van der Waals surface area contributed by atoms with Gasteiger partial charge in [-0.1, -0.05) is 6.07 Å². The van der Waals surface area contributed by atoms with Crippen molar-refractivity contribution < 1.29 is 45.4 Å². The average Bonchev–Trinajstić information content (AvgIpc) is 3.66. The zero-order chi connectivity index (χ0) is 29.7. The highest BCUT2D eigenvalue weighted by Gasteiger charge is 2.47. The summed E-state index contributed by atoms with van der Waals surface area (Å²) in [5, 5.41) is 0.